The van der Waals surface area contributed by atoms with E-state index in [1.807, 2.05) is 0 Å². The van der Waals surface area contributed by atoms with E-state index in [0.29, 0.717) is 18.2 Å². The first-order chi connectivity index (χ1) is 8.06. The standard InChI is InChI=1S/C10H13BrClNO3S/c11-5-7-16-8-6-13-17(14,15)10-3-1-9(12)2-4-10/h1-4,13H,5-8H2. The molecule has 4 nitrogen and oxygen atoms in total. The summed E-state index contributed by atoms with van der Waals surface area (Å²) in [5, 5.41) is 1.24. The first-order valence-corrected chi connectivity index (χ1v) is 7.93. The molecular weight excluding hydrogens is 330 g/mol. The van der Waals surface area contributed by atoms with Gasteiger partial charge in [-0.2, -0.15) is 0 Å². The van der Waals surface area contributed by atoms with E-state index in [4.69, 9.17) is 16.3 Å². The Labute approximate surface area is 114 Å². The van der Waals surface area contributed by atoms with Crippen LogP contribution in [0, 0.1) is 0 Å². The molecule has 0 unspecified atom stereocenters. The number of nitrogens with one attached hydrogen (secondary N) is 1. The lowest BCUT2D eigenvalue weighted by atomic mass is 10.4. The lowest BCUT2D eigenvalue weighted by molar-refractivity contribution is 0.156. The van der Waals surface area contributed by atoms with Crippen molar-refractivity contribution in [2.75, 3.05) is 25.1 Å². The molecule has 0 bridgehead atoms. The zero-order valence-corrected chi connectivity index (χ0v) is 12.2. The third-order valence-corrected chi connectivity index (χ3v) is 3.94. The van der Waals surface area contributed by atoms with E-state index in [1.54, 1.807) is 0 Å². The van der Waals surface area contributed by atoms with Crippen LogP contribution in [-0.4, -0.2) is 33.5 Å². The molecule has 0 amide bonds. The molecule has 96 valence electrons. The van der Waals surface area contributed by atoms with Gasteiger partial charge in [0.15, 0.2) is 0 Å². The van der Waals surface area contributed by atoms with Crippen LogP contribution in [0.2, 0.25) is 5.02 Å². The monoisotopic (exact) mass is 341 g/mol. The van der Waals surface area contributed by atoms with Gasteiger partial charge in [-0.3, -0.25) is 0 Å². The van der Waals surface area contributed by atoms with Gasteiger partial charge in [0.2, 0.25) is 10.0 Å². The number of alkyl halides is 1. The van der Waals surface area contributed by atoms with Crippen molar-refractivity contribution in [3.8, 4) is 0 Å². The maximum absolute atomic E-state index is 11.8. The van der Waals surface area contributed by atoms with Crippen LogP contribution in [-0.2, 0) is 14.8 Å². The summed E-state index contributed by atoms with van der Waals surface area (Å²) in [4.78, 5) is 0.197. The topological polar surface area (TPSA) is 55.4 Å². The number of hydrogen-bond donors (Lipinski definition) is 1. The van der Waals surface area contributed by atoms with E-state index in [0.717, 1.165) is 5.33 Å². The predicted octanol–water partition coefficient (Wildman–Crippen LogP) is 2.03. The zero-order chi connectivity index (χ0) is 12.7. The summed E-state index contributed by atoms with van der Waals surface area (Å²) in [7, 11) is -3.46. The van der Waals surface area contributed by atoms with E-state index >= 15 is 0 Å². The largest absolute Gasteiger partial charge is 0.379 e. The van der Waals surface area contributed by atoms with Crippen LogP contribution in [0.4, 0.5) is 0 Å². The lowest BCUT2D eigenvalue weighted by Crippen LogP contribution is -2.27. The van der Waals surface area contributed by atoms with E-state index < -0.39 is 10.0 Å². The summed E-state index contributed by atoms with van der Waals surface area (Å²) in [6, 6.07) is 6.00. The number of hydrogen-bond acceptors (Lipinski definition) is 3. The summed E-state index contributed by atoms with van der Waals surface area (Å²) in [6.45, 7) is 1.15. The van der Waals surface area contributed by atoms with Crippen molar-refractivity contribution in [3.63, 3.8) is 0 Å². The quantitative estimate of drug-likeness (QED) is 0.609. The Bertz CT molecular complexity index is 435. The van der Waals surface area contributed by atoms with Gasteiger partial charge in [-0.25, -0.2) is 13.1 Å². The SMILES string of the molecule is O=S(=O)(NCCOCCBr)c1ccc(Cl)cc1. The molecule has 0 aliphatic heterocycles. The van der Waals surface area contributed by atoms with Crippen LogP contribution in [0.3, 0.4) is 0 Å². The van der Waals surface area contributed by atoms with Crippen molar-refractivity contribution in [1.29, 1.82) is 0 Å². The Kier molecular flexibility index (Phi) is 6.43. The van der Waals surface area contributed by atoms with Crippen LogP contribution < -0.4 is 4.72 Å². The summed E-state index contributed by atoms with van der Waals surface area (Å²) in [6.07, 6.45) is 0. The minimum Gasteiger partial charge on any atom is -0.379 e. The van der Waals surface area contributed by atoms with Crippen molar-refractivity contribution in [2.45, 2.75) is 4.90 Å². The molecular formula is C10H13BrClNO3S. The fourth-order valence-corrected chi connectivity index (χ4v) is 2.47. The molecule has 0 radical (unpaired) electrons. The van der Waals surface area contributed by atoms with Crippen molar-refractivity contribution in [2.24, 2.45) is 0 Å². The van der Waals surface area contributed by atoms with Crippen molar-refractivity contribution in [3.05, 3.63) is 29.3 Å². The van der Waals surface area contributed by atoms with Gasteiger partial charge in [-0.1, -0.05) is 27.5 Å². The molecule has 1 aromatic rings. The Morgan fingerprint density at radius 1 is 1.24 bits per heavy atom. The highest BCUT2D eigenvalue weighted by molar-refractivity contribution is 9.09. The average Bonchev–Trinajstić information content (AvgIpc) is 2.29. The molecule has 0 aromatic heterocycles. The Balaban J connectivity index is 2.48. The van der Waals surface area contributed by atoms with Crippen LogP contribution in [0.1, 0.15) is 0 Å². The molecule has 1 rings (SSSR count). The van der Waals surface area contributed by atoms with Gasteiger partial charge in [0.25, 0.3) is 0 Å². The number of ether oxygens (including phenoxy) is 1. The molecule has 0 atom stereocenters. The van der Waals surface area contributed by atoms with Crippen LogP contribution in [0.5, 0.6) is 0 Å². The maximum atomic E-state index is 11.8. The zero-order valence-electron chi connectivity index (χ0n) is 9.03. The second-order valence-corrected chi connectivity index (χ2v) is 6.15. The normalized spacial score (nSPS) is 11.6. The fraction of sp³-hybridized carbons (Fsp3) is 0.400. The third kappa shape index (κ3) is 5.35. The molecule has 1 aromatic carbocycles. The predicted molar refractivity (Wildman–Crippen MR) is 71.3 cm³/mol. The van der Waals surface area contributed by atoms with E-state index in [1.165, 1.54) is 24.3 Å². The van der Waals surface area contributed by atoms with Crippen LogP contribution >= 0.6 is 27.5 Å². The van der Waals surface area contributed by atoms with Gasteiger partial charge in [-0.05, 0) is 24.3 Å². The Morgan fingerprint density at radius 3 is 2.47 bits per heavy atom. The molecule has 7 heteroatoms. The number of halogens is 2. The molecule has 0 fully saturated rings. The molecule has 17 heavy (non-hydrogen) atoms. The molecule has 0 heterocycles. The van der Waals surface area contributed by atoms with Gasteiger partial charge in [0, 0.05) is 16.9 Å². The van der Waals surface area contributed by atoms with Gasteiger partial charge in [-0.15, -0.1) is 0 Å². The van der Waals surface area contributed by atoms with E-state index in [9.17, 15) is 8.42 Å². The summed E-state index contributed by atoms with van der Waals surface area (Å²) < 4.78 is 31.1. The molecule has 0 saturated heterocycles. The third-order valence-electron chi connectivity index (χ3n) is 1.88. The molecule has 0 aliphatic rings. The van der Waals surface area contributed by atoms with Crippen molar-refractivity contribution < 1.29 is 13.2 Å². The van der Waals surface area contributed by atoms with Crippen LogP contribution in [0.25, 0.3) is 0 Å². The second-order valence-electron chi connectivity index (χ2n) is 3.15. The van der Waals surface area contributed by atoms with Crippen molar-refractivity contribution >= 4 is 37.6 Å². The smallest absolute Gasteiger partial charge is 0.240 e. The summed E-state index contributed by atoms with van der Waals surface area (Å²) >= 11 is 8.89. The van der Waals surface area contributed by atoms with Gasteiger partial charge in [0.1, 0.15) is 0 Å². The number of sulfonamides is 1. The van der Waals surface area contributed by atoms with Crippen LogP contribution in [0.15, 0.2) is 29.2 Å². The molecule has 0 aliphatic carbocycles. The minimum atomic E-state index is -3.46. The average molecular weight is 343 g/mol. The van der Waals surface area contributed by atoms with Gasteiger partial charge < -0.3 is 4.74 Å². The second kappa shape index (κ2) is 7.33. The fourth-order valence-electron chi connectivity index (χ4n) is 1.10. The van der Waals surface area contributed by atoms with E-state index in [2.05, 4.69) is 20.7 Å². The Hall–Kier alpha value is -0.140. The highest BCUT2D eigenvalue weighted by atomic mass is 79.9. The molecule has 1 N–H and O–H groups in total. The molecule has 0 saturated carbocycles. The number of rotatable bonds is 7. The minimum absolute atomic E-state index is 0.197. The first-order valence-electron chi connectivity index (χ1n) is 4.95. The summed E-state index contributed by atoms with van der Waals surface area (Å²) in [5.41, 5.74) is 0. The highest BCUT2D eigenvalue weighted by Gasteiger charge is 2.12. The number of benzene rings is 1. The first kappa shape index (κ1) is 14.9. The lowest BCUT2D eigenvalue weighted by Gasteiger charge is -2.06. The van der Waals surface area contributed by atoms with E-state index in [-0.39, 0.29) is 11.4 Å². The van der Waals surface area contributed by atoms with Gasteiger partial charge in [0.05, 0.1) is 18.1 Å². The maximum Gasteiger partial charge on any atom is 0.240 e. The van der Waals surface area contributed by atoms with Gasteiger partial charge >= 0.3 is 0 Å². The Morgan fingerprint density at radius 2 is 1.88 bits per heavy atom. The van der Waals surface area contributed by atoms with Crippen molar-refractivity contribution in [1.82, 2.24) is 4.72 Å². The molecule has 0 spiro atoms. The summed E-state index contributed by atoms with van der Waals surface area (Å²) in [5.74, 6) is 0. The highest BCUT2D eigenvalue weighted by Crippen LogP contribution is 2.13.